The van der Waals surface area contributed by atoms with Gasteiger partial charge in [0.2, 0.25) is 0 Å². The van der Waals surface area contributed by atoms with Gasteiger partial charge in [-0.3, -0.25) is 4.79 Å². The lowest BCUT2D eigenvalue weighted by Crippen LogP contribution is -2.64. The van der Waals surface area contributed by atoms with Gasteiger partial charge in [0.1, 0.15) is 36.0 Å². The van der Waals surface area contributed by atoms with Crippen molar-refractivity contribution in [2.45, 2.75) is 56.8 Å². The number of hydrogen-bond donors (Lipinski definition) is 5. The molecule has 0 aliphatic carbocycles. The molecule has 2 saturated heterocycles. The van der Waals surface area contributed by atoms with Crippen molar-refractivity contribution in [2.75, 3.05) is 24.6 Å². The molecule has 3 aromatic rings. The molecule has 2 fully saturated rings. The van der Waals surface area contributed by atoms with Crippen LogP contribution in [0.25, 0.3) is 27.6 Å². The van der Waals surface area contributed by atoms with E-state index in [0.29, 0.717) is 11.3 Å². The number of anilines is 1. The largest absolute Gasteiger partial charge is 0.394 e. The second-order valence-electron chi connectivity index (χ2n) is 10.8. The van der Waals surface area contributed by atoms with Gasteiger partial charge in [0.15, 0.2) is 6.29 Å². The van der Waals surface area contributed by atoms with E-state index in [1.165, 1.54) is 24.9 Å². The minimum atomic E-state index is -1.68. The number of aliphatic hydroxyl groups excluding tert-OH is 4. The molecule has 216 valence electrons. The summed E-state index contributed by atoms with van der Waals surface area (Å²) in [6.07, 6.45) is -2.27. The molecule has 2 aliphatic heterocycles. The normalized spacial score (nSPS) is 25.5. The van der Waals surface area contributed by atoms with Crippen LogP contribution in [0.1, 0.15) is 31.9 Å². The number of fused-ring (bicyclic) bond motifs is 1. The Morgan fingerprint density at radius 1 is 1.02 bits per heavy atom. The number of nitrogens with zero attached hydrogens (tertiary/aromatic N) is 3. The van der Waals surface area contributed by atoms with Gasteiger partial charge in [0.25, 0.3) is 5.91 Å². The van der Waals surface area contributed by atoms with Crippen molar-refractivity contribution in [2.24, 2.45) is 7.05 Å². The van der Waals surface area contributed by atoms with Crippen LogP contribution in [0, 0.1) is 11.3 Å². The molecular weight excluding hydrogens is 524 g/mol. The summed E-state index contributed by atoms with van der Waals surface area (Å²) in [6, 6.07) is 17.2. The topological polar surface area (TPSA) is 151 Å². The number of benzene rings is 2. The van der Waals surface area contributed by atoms with E-state index in [1.807, 2.05) is 29.8 Å². The van der Waals surface area contributed by atoms with Gasteiger partial charge in [0.05, 0.1) is 6.61 Å². The summed E-state index contributed by atoms with van der Waals surface area (Å²) >= 11 is 0. The maximum atomic E-state index is 13.1. The van der Waals surface area contributed by atoms with E-state index in [0.717, 1.165) is 35.1 Å². The Morgan fingerprint density at radius 3 is 2.44 bits per heavy atom. The van der Waals surface area contributed by atoms with Crippen molar-refractivity contribution in [1.29, 1.82) is 5.26 Å². The molecule has 3 heterocycles. The van der Waals surface area contributed by atoms with Crippen molar-refractivity contribution in [3.8, 4) is 17.3 Å². The van der Waals surface area contributed by atoms with E-state index in [1.54, 1.807) is 6.92 Å². The molecule has 5 atom stereocenters. The van der Waals surface area contributed by atoms with Crippen LogP contribution in [0.2, 0.25) is 0 Å². The highest BCUT2D eigenvalue weighted by atomic mass is 16.6. The molecular formula is C31H36N4O6. The number of nitrogens with one attached hydrogen (secondary N) is 1. The highest BCUT2D eigenvalue weighted by Gasteiger charge is 2.44. The monoisotopic (exact) mass is 560 g/mol. The Kier molecular flexibility index (Phi) is 8.45. The zero-order chi connectivity index (χ0) is 29.3. The van der Waals surface area contributed by atoms with Gasteiger partial charge in [-0.15, -0.1) is 0 Å². The Labute approximate surface area is 238 Å². The number of aromatic nitrogens is 1. The van der Waals surface area contributed by atoms with Crippen LogP contribution in [0.15, 0.2) is 54.1 Å². The highest BCUT2D eigenvalue weighted by Crippen LogP contribution is 2.31. The molecule has 10 nitrogen and oxygen atoms in total. The van der Waals surface area contributed by atoms with Gasteiger partial charge < -0.3 is 39.9 Å². The number of ether oxygens (including phenoxy) is 1. The summed E-state index contributed by atoms with van der Waals surface area (Å²) in [4.78, 5) is 15.5. The van der Waals surface area contributed by atoms with E-state index in [-0.39, 0.29) is 5.57 Å². The average molecular weight is 561 g/mol. The lowest BCUT2D eigenvalue weighted by molar-refractivity contribution is -0.253. The molecule has 2 aliphatic rings. The first-order valence-corrected chi connectivity index (χ1v) is 13.9. The number of piperidine rings is 1. The number of carbonyl (C=O) groups is 1. The van der Waals surface area contributed by atoms with Gasteiger partial charge in [0, 0.05) is 37.2 Å². The third-order valence-electron chi connectivity index (χ3n) is 8.26. The Morgan fingerprint density at radius 2 is 1.73 bits per heavy atom. The minimum Gasteiger partial charge on any atom is -0.394 e. The standard InChI is InChI=1S/C31H36N4O6/c1-18(23(16-32)30(39)33-27-29(38)28(37)26(17-36)41-31(27)40)24-10-11-25(34(24)2)21-7-6-20-15-22(9-8-19(20)14-21)35-12-4-3-5-13-35/h6-11,14-15,26-29,31,36-38,40H,3-5,12-13,17H2,1-2H3,(H,33,39)/b23-18+/t26-,27-,28-,29-,31?/m1/s1. The zero-order valence-corrected chi connectivity index (χ0v) is 23.2. The molecule has 5 N–H and O–H groups in total. The second kappa shape index (κ2) is 12.0. The fraction of sp³-hybridized carbons (Fsp3) is 0.419. The molecule has 41 heavy (non-hydrogen) atoms. The molecule has 5 rings (SSSR count). The Balaban J connectivity index is 1.38. The molecule has 10 heteroatoms. The first-order valence-electron chi connectivity index (χ1n) is 13.9. The van der Waals surface area contributed by atoms with Gasteiger partial charge in [-0.1, -0.05) is 18.2 Å². The van der Waals surface area contributed by atoms with Gasteiger partial charge in [-0.05, 0) is 78.4 Å². The van der Waals surface area contributed by atoms with Crippen LogP contribution in [-0.2, 0) is 16.6 Å². The number of nitriles is 1. The summed E-state index contributed by atoms with van der Waals surface area (Å²) in [5, 5.41) is 54.5. The van der Waals surface area contributed by atoms with Gasteiger partial charge in [-0.25, -0.2) is 0 Å². The first kappa shape index (κ1) is 28.8. The van der Waals surface area contributed by atoms with E-state index < -0.39 is 43.2 Å². The SMILES string of the molecule is C/C(=C(/C#N)C(=O)N[C@H]1C(O)O[C@H](CO)[C@@H](O)[C@@H]1O)c1ccc(-c2ccc3cc(N4CCCCC4)ccc3c2)n1C. The van der Waals surface area contributed by atoms with Gasteiger partial charge in [-0.2, -0.15) is 5.26 Å². The third-order valence-corrected chi connectivity index (χ3v) is 8.26. The summed E-state index contributed by atoms with van der Waals surface area (Å²) in [5.41, 5.74) is 3.99. The van der Waals surface area contributed by atoms with E-state index in [9.17, 15) is 30.5 Å². The molecule has 0 saturated carbocycles. The van der Waals surface area contributed by atoms with E-state index in [2.05, 4.69) is 46.6 Å². The van der Waals surface area contributed by atoms with Crippen LogP contribution in [0.5, 0.6) is 0 Å². The summed E-state index contributed by atoms with van der Waals surface area (Å²) in [6.45, 7) is 3.21. The van der Waals surface area contributed by atoms with Crippen molar-refractivity contribution in [3.05, 3.63) is 59.8 Å². The van der Waals surface area contributed by atoms with E-state index in [4.69, 9.17) is 4.74 Å². The van der Waals surface area contributed by atoms with Crippen molar-refractivity contribution in [3.63, 3.8) is 0 Å². The first-order chi connectivity index (χ1) is 19.7. The summed E-state index contributed by atoms with van der Waals surface area (Å²) in [5.74, 6) is -0.829. The van der Waals surface area contributed by atoms with Crippen molar-refractivity contribution >= 4 is 27.9 Å². The Bertz CT molecular complexity index is 1500. The molecule has 1 aromatic heterocycles. The molecule has 0 radical (unpaired) electrons. The minimum absolute atomic E-state index is 0.209. The molecule has 1 unspecified atom stereocenters. The number of amides is 1. The van der Waals surface area contributed by atoms with Crippen LogP contribution >= 0.6 is 0 Å². The smallest absolute Gasteiger partial charge is 0.262 e. The molecule has 0 bridgehead atoms. The second-order valence-corrected chi connectivity index (χ2v) is 10.8. The quantitative estimate of drug-likeness (QED) is 0.227. The Hall–Kier alpha value is -3.72. The maximum Gasteiger partial charge on any atom is 0.262 e. The maximum absolute atomic E-state index is 13.1. The zero-order valence-electron chi connectivity index (χ0n) is 23.2. The fourth-order valence-corrected chi connectivity index (χ4v) is 5.83. The number of hydrogen-bond acceptors (Lipinski definition) is 8. The predicted octanol–water partition coefficient (Wildman–Crippen LogP) is 2.05. The molecule has 2 aromatic carbocycles. The predicted molar refractivity (Wildman–Crippen MR) is 155 cm³/mol. The lowest BCUT2D eigenvalue weighted by atomic mass is 9.96. The molecule has 1 amide bonds. The fourth-order valence-electron chi connectivity index (χ4n) is 5.83. The van der Waals surface area contributed by atoms with Gasteiger partial charge >= 0.3 is 0 Å². The van der Waals surface area contributed by atoms with E-state index >= 15 is 0 Å². The van der Waals surface area contributed by atoms with Crippen LogP contribution in [-0.4, -0.2) is 81.2 Å². The van der Waals surface area contributed by atoms with Crippen molar-refractivity contribution < 1.29 is 30.0 Å². The number of aliphatic hydroxyl groups is 4. The number of rotatable bonds is 6. The summed E-state index contributed by atoms with van der Waals surface area (Å²) in [7, 11) is 1.86. The number of allylic oxidation sites excluding steroid dienone is 1. The van der Waals surface area contributed by atoms with Crippen LogP contribution in [0.4, 0.5) is 5.69 Å². The van der Waals surface area contributed by atoms with Crippen molar-refractivity contribution in [1.82, 2.24) is 9.88 Å². The lowest BCUT2D eigenvalue weighted by Gasteiger charge is -2.40. The third kappa shape index (κ3) is 5.60. The van der Waals surface area contributed by atoms with Crippen LogP contribution in [0.3, 0.4) is 0 Å². The average Bonchev–Trinajstić information content (AvgIpc) is 3.38. The van der Waals surface area contributed by atoms with Crippen LogP contribution < -0.4 is 10.2 Å². The molecule has 0 spiro atoms. The number of carbonyl (C=O) groups excluding carboxylic acids is 1. The summed E-state index contributed by atoms with van der Waals surface area (Å²) < 4.78 is 7.01. The highest BCUT2D eigenvalue weighted by molar-refractivity contribution is 6.04.